The molecule has 0 spiro atoms. The molecule has 180 valence electrons. The Labute approximate surface area is 204 Å². The number of para-hydroxylation sites is 2. The molecule has 0 bridgehead atoms. The molecule has 0 aliphatic carbocycles. The predicted molar refractivity (Wildman–Crippen MR) is 129 cm³/mol. The molecule has 36 heavy (non-hydrogen) atoms. The Balaban J connectivity index is 1.75. The number of ether oxygens (including phenoxy) is 1. The van der Waals surface area contributed by atoms with Crippen molar-refractivity contribution in [3.05, 3.63) is 102 Å². The zero-order valence-electron chi connectivity index (χ0n) is 19.0. The normalized spacial score (nSPS) is 11.6. The average molecular weight is 488 g/mol. The average Bonchev–Trinajstić information content (AvgIpc) is 3.31. The Kier molecular flexibility index (Phi) is 6.88. The fraction of sp³-hybridized carbons (Fsp3) is 0.0741. The molecule has 4 aromatic rings. The molecule has 0 saturated carbocycles. The van der Waals surface area contributed by atoms with Crippen LogP contribution in [0.25, 0.3) is 23.0 Å². The van der Waals surface area contributed by atoms with Gasteiger partial charge in [0.2, 0.25) is 0 Å². The Hall–Kier alpha value is -4.84. The van der Waals surface area contributed by atoms with Crippen LogP contribution in [0.3, 0.4) is 0 Å². The first-order chi connectivity index (χ1) is 17.3. The third-order valence-electron chi connectivity index (χ3n) is 5.27. The Morgan fingerprint density at radius 1 is 1.03 bits per heavy atom. The third-order valence-corrected chi connectivity index (χ3v) is 5.27. The summed E-state index contributed by atoms with van der Waals surface area (Å²) in [6.07, 6.45) is -1.72. The summed E-state index contributed by atoms with van der Waals surface area (Å²) in [5.41, 5.74) is 0.510. The number of nitriles is 1. The Morgan fingerprint density at radius 3 is 2.33 bits per heavy atom. The minimum Gasteiger partial charge on any atom is -0.497 e. The van der Waals surface area contributed by atoms with Crippen molar-refractivity contribution in [3.8, 4) is 28.8 Å². The highest BCUT2D eigenvalue weighted by molar-refractivity contribution is 6.10. The van der Waals surface area contributed by atoms with Gasteiger partial charge in [0.15, 0.2) is 0 Å². The molecule has 4 rings (SSSR count). The number of amides is 1. The first-order valence-electron chi connectivity index (χ1n) is 10.7. The van der Waals surface area contributed by atoms with Crippen LogP contribution in [0.2, 0.25) is 0 Å². The lowest BCUT2D eigenvalue weighted by Crippen LogP contribution is -2.17. The van der Waals surface area contributed by atoms with Gasteiger partial charge in [0, 0.05) is 17.3 Å². The van der Waals surface area contributed by atoms with Gasteiger partial charge in [0.05, 0.1) is 29.7 Å². The van der Waals surface area contributed by atoms with Crippen molar-refractivity contribution in [1.82, 2.24) is 9.78 Å². The van der Waals surface area contributed by atoms with Gasteiger partial charge < -0.3 is 10.1 Å². The molecule has 1 amide bonds. The van der Waals surface area contributed by atoms with E-state index in [0.29, 0.717) is 22.6 Å². The molecule has 0 radical (unpaired) electrons. The maximum absolute atomic E-state index is 13.3. The molecule has 3 aromatic carbocycles. The van der Waals surface area contributed by atoms with Crippen LogP contribution in [-0.2, 0) is 11.0 Å². The number of anilines is 1. The number of nitrogens with zero attached hydrogens (tertiary/aromatic N) is 3. The van der Waals surface area contributed by atoms with E-state index in [9.17, 15) is 23.2 Å². The summed E-state index contributed by atoms with van der Waals surface area (Å²) in [7, 11) is 1.54. The highest BCUT2D eigenvalue weighted by atomic mass is 19.4. The van der Waals surface area contributed by atoms with Gasteiger partial charge in [-0.1, -0.05) is 30.3 Å². The molecular formula is C27H19F3N4O2. The van der Waals surface area contributed by atoms with Gasteiger partial charge in [0.25, 0.3) is 5.91 Å². The SMILES string of the molecule is COc1ccc(-c2nn(-c3ccccc3)cc2/C=C(\C#N)C(=O)Nc2ccccc2C(F)(F)F)cc1. The molecule has 0 unspecified atom stereocenters. The smallest absolute Gasteiger partial charge is 0.418 e. The van der Waals surface area contributed by atoms with Crippen molar-refractivity contribution in [2.24, 2.45) is 0 Å². The fourth-order valence-corrected chi connectivity index (χ4v) is 3.51. The van der Waals surface area contributed by atoms with Crippen molar-refractivity contribution in [2.45, 2.75) is 6.18 Å². The molecule has 6 nitrogen and oxygen atoms in total. The number of benzene rings is 3. The molecule has 0 aliphatic rings. The van der Waals surface area contributed by atoms with Crippen LogP contribution in [0, 0.1) is 11.3 Å². The summed E-state index contributed by atoms with van der Waals surface area (Å²) < 4.78 is 46.8. The van der Waals surface area contributed by atoms with E-state index in [1.165, 1.54) is 18.2 Å². The molecule has 9 heteroatoms. The van der Waals surface area contributed by atoms with E-state index in [4.69, 9.17) is 4.74 Å². The zero-order valence-corrected chi connectivity index (χ0v) is 19.0. The number of carbonyl (C=O) groups excluding carboxylic acids is 1. The molecule has 1 N–H and O–H groups in total. The summed E-state index contributed by atoms with van der Waals surface area (Å²) in [5, 5.41) is 16.5. The number of hydrogen-bond acceptors (Lipinski definition) is 4. The minimum absolute atomic E-state index is 0.380. The van der Waals surface area contributed by atoms with Gasteiger partial charge in [-0.2, -0.15) is 23.5 Å². The first kappa shape index (κ1) is 24.3. The number of aromatic nitrogens is 2. The molecule has 1 aromatic heterocycles. The standard InChI is InChI=1S/C27H19F3N4O2/c1-36-22-13-11-18(12-14-22)25-20(17-34(33-25)21-7-3-2-4-8-21)15-19(16-31)26(35)32-24-10-6-5-9-23(24)27(28,29)30/h2-15,17H,1H3,(H,32,35)/b19-15+. The number of hydrogen-bond donors (Lipinski definition) is 1. The molecular weight excluding hydrogens is 469 g/mol. The summed E-state index contributed by atoms with van der Waals surface area (Å²) in [6, 6.07) is 22.6. The van der Waals surface area contributed by atoms with E-state index < -0.39 is 23.3 Å². The third kappa shape index (κ3) is 5.28. The maximum Gasteiger partial charge on any atom is 0.418 e. The summed E-state index contributed by atoms with van der Waals surface area (Å²) in [4.78, 5) is 12.8. The summed E-state index contributed by atoms with van der Waals surface area (Å²) in [6.45, 7) is 0. The number of carbonyl (C=O) groups is 1. The molecule has 0 atom stereocenters. The van der Waals surface area contributed by atoms with Crippen LogP contribution < -0.4 is 10.1 Å². The Bertz CT molecular complexity index is 1450. The zero-order chi connectivity index (χ0) is 25.7. The van der Waals surface area contributed by atoms with E-state index in [1.54, 1.807) is 48.3 Å². The van der Waals surface area contributed by atoms with Gasteiger partial charge in [-0.25, -0.2) is 4.68 Å². The second-order valence-electron chi connectivity index (χ2n) is 7.61. The van der Waals surface area contributed by atoms with Crippen LogP contribution in [0.4, 0.5) is 18.9 Å². The Morgan fingerprint density at radius 2 is 1.69 bits per heavy atom. The summed E-state index contributed by atoms with van der Waals surface area (Å²) >= 11 is 0. The number of halogens is 3. The minimum atomic E-state index is -4.67. The van der Waals surface area contributed by atoms with Gasteiger partial charge in [-0.3, -0.25) is 4.79 Å². The first-order valence-corrected chi connectivity index (χ1v) is 10.7. The topological polar surface area (TPSA) is 79.9 Å². The van der Waals surface area contributed by atoms with Crippen molar-refractivity contribution >= 4 is 17.7 Å². The number of nitrogens with one attached hydrogen (secondary N) is 1. The molecule has 0 fully saturated rings. The lowest BCUT2D eigenvalue weighted by atomic mass is 10.1. The van der Waals surface area contributed by atoms with Gasteiger partial charge in [-0.05, 0) is 54.6 Å². The lowest BCUT2D eigenvalue weighted by Gasteiger charge is -2.13. The second-order valence-corrected chi connectivity index (χ2v) is 7.61. The van der Waals surface area contributed by atoms with Gasteiger partial charge >= 0.3 is 6.18 Å². The summed E-state index contributed by atoms with van der Waals surface area (Å²) in [5.74, 6) is -0.332. The van der Waals surface area contributed by atoms with Gasteiger partial charge in [-0.15, -0.1) is 0 Å². The lowest BCUT2D eigenvalue weighted by molar-refractivity contribution is -0.137. The van der Waals surface area contributed by atoms with Crippen molar-refractivity contribution < 1.29 is 22.7 Å². The highest BCUT2D eigenvalue weighted by Gasteiger charge is 2.33. The van der Waals surface area contributed by atoms with E-state index in [1.807, 2.05) is 30.3 Å². The van der Waals surface area contributed by atoms with Crippen LogP contribution in [0.5, 0.6) is 5.75 Å². The van der Waals surface area contributed by atoms with Crippen LogP contribution in [-0.4, -0.2) is 22.8 Å². The van der Waals surface area contributed by atoms with Crippen molar-refractivity contribution in [1.29, 1.82) is 5.26 Å². The number of rotatable bonds is 6. The van der Waals surface area contributed by atoms with Gasteiger partial charge in [0.1, 0.15) is 17.4 Å². The number of methoxy groups -OCH3 is 1. The highest BCUT2D eigenvalue weighted by Crippen LogP contribution is 2.35. The maximum atomic E-state index is 13.3. The molecule has 0 saturated heterocycles. The molecule has 0 aliphatic heterocycles. The quantitative estimate of drug-likeness (QED) is 0.262. The second kappa shape index (κ2) is 10.2. The predicted octanol–water partition coefficient (Wildman–Crippen LogP) is 6.11. The van der Waals surface area contributed by atoms with Crippen LogP contribution in [0.15, 0.2) is 90.6 Å². The largest absolute Gasteiger partial charge is 0.497 e. The van der Waals surface area contributed by atoms with E-state index in [0.717, 1.165) is 17.8 Å². The van der Waals surface area contributed by atoms with E-state index in [-0.39, 0.29) is 5.57 Å². The number of alkyl halides is 3. The van der Waals surface area contributed by atoms with Crippen LogP contribution in [0.1, 0.15) is 11.1 Å². The molecule has 1 heterocycles. The fourth-order valence-electron chi connectivity index (χ4n) is 3.51. The van der Waals surface area contributed by atoms with Crippen molar-refractivity contribution in [3.63, 3.8) is 0 Å². The van der Waals surface area contributed by atoms with E-state index in [2.05, 4.69) is 10.4 Å². The van der Waals surface area contributed by atoms with Crippen LogP contribution >= 0.6 is 0 Å². The van der Waals surface area contributed by atoms with Crippen molar-refractivity contribution in [2.75, 3.05) is 12.4 Å². The monoisotopic (exact) mass is 488 g/mol. The van der Waals surface area contributed by atoms with E-state index >= 15 is 0 Å².